The van der Waals surface area contributed by atoms with Gasteiger partial charge in [0.05, 0.1) is 18.9 Å². The first-order valence-corrected chi connectivity index (χ1v) is 7.25. The van der Waals surface area contributed by atoms with Gasteiger partial charge in [-0.3, -0.25) is 5.10 Å². The molecule has 5 heteroatoms. The molecule has 0 atom stereocenters. The summed E-state index contributed by atoms with van der Waals surface area (Å²) in [6.45, 7) is 7.71. The van der Waals surface area contributed by atoms with E-state index in [4.69, 9.17) is 9.47 Å². The highest BCUT2D eigenvalue weighted by atomic mass is 16.5. The molecular formula is C16H21N3O2. The summed E-state index contributed by atoms with van der Waals surface area (Å²) < 4.78 is 11.4. The highest BCUT2D eigenvalue weighted by molar-refractivity contribution is 5.66. The van der Waals surface area contributed by atoms with Gasteiger partial charge in [-0.05, 0) is 39.0 Å². The first-order chi connectivity index (χ1) is 10.0. The molecule has 1 aliphatic heterocycles. The molecule has 0 bridgehead atoms. The normalized spacial score (nSPS) is 14.6. The number of anilines is 1. The highest BCUT2D eigenvalue weighted by Crippen LogP contribution is 2.34. The maximum absolute atomic E-state index is 5.72. The van der Waals surface area contributed by atoms with Gasteiger partial charge in [0.1, 0.15) is 5.82 Å². The minimum absolute atomic E-state index is 0.0167. The lowest BCUT2D eigenvalue weighted by Crippen LogP contribution is -2.26. The summed E-state index contributed by atoms with van der Waals surface area (Å²) in [5.41, 5.74) is 1.98. The molecular weight excluding hydrogens is 266 g/mol. The van der Waals surface area contributed by atoms with Crippen molar-refractivity contribution in [1.29, 1.82) is 0 Å². The third-order valence-electron chi connectivity index (χ3n) is 3.14. The van der Waals surface area contributed by atoms with Gasteiger partial charge in [-0.1, -0.05) is 0 Å². The zero-order valence-electron chi connectivity index (χ0n) is 12.7. The first-order valence-electron chi connectivity index (χ1n) is 7.25. The third kappa shape index (κ3) is 3.29. The van der Waals surface area contributed by atoms with Crippen molar-refractivity contribution >= 4 is 5.82 Å². The second kappa shape index (κ2) is 5.31. The summed E-state index contributed by atoms with van der Waals surface area (Å²) in [7, 11) is 0. The number of hydrogen-bond donors (Lipinski definition) is 2. The number of nitrogens with one attached hydrogen (secondary N) is 2. The summed E-state index contributed by atoms with van der Waals surface area (Å²) in [4.78, 5) is 0. The van der Waals surface area contributed by atoms with Gasteiger partial charge in [-0.25, -0.2) is 0 Å². The number of nitrogens with zero attached hydrogens (tertiary/aromatic N) is 1. The molecule has 21 heavy (non-hydrogen) atoms. The van der Waals surface area contributed by atoms with Crippen molar-refractivity contribution in [2.75, 3.05) is 18.5 Å². The van der Waals surface area contributed by atoms with E-state index in [9.17, 15) is 0 Å². The average Bonchev–Trinajstić information content (AvgIpc) is 2.73. The van der Waals surface area contributed by atoms with Crippen LogP contribution in [0, 0.1) is 0 Å². The molecule has 2 aromatic rings. The number of aromatic nitrogens is 2. The molecule has 2 heterocycles. The van der Waals surface area contributed by atoms with Crippen LogP contribution in [0.3, 0.4) is 0 Å². The molecule has 1 aromatic heterocycles. The second-order valence-electron chi connectivity index (χ2n) is 6.25. The minimum atomic E-state index is -0.0167. The van der Waals surface area contributed by atoms with Crippen LogP contribution in [0.15, 0.2) is 24.3 Å². The van der Waals surface area contributed by atoms with Crippen LogP contribution in [0.25, 0.3) is 11.3 Å². The lowest BCUT2D eigenvalue weighted by atomic mass is 10.1. The highest BCUT2D eigenvalue weighted by Gasteiger charge is 2.14. The van der Waals surface area contributed by atoms with Crippen molar-refractivity contribution in [3.05, 3.63) is 24.3 Å². The number of benzene rings is 1. The van der Waals surface area contributed by atoms with Crippen LogP contribution in [-0.4, -0.2) is 29.0 Å². The Bertz CT molecular complexity index is 629. The Labute approximate surface area is 124 Å². The zero-order chi connectivity index (χ0) is 14.9. The Balaban J connectivity index is 1.85. The predicted molar refractivity (Wildman–Crippen MR) is 83.0 cm³/mol. The number of aromatic amines is 1. The fourth-order valence-corrected chi connectivity index (χ4v) is 2.25. The van der Waals surface area contributed by atoms with E-state index in [0.29, 0.717) is 13.2 Å². The van der Waals surface area contributed by atoms with E-state index in [1.807, 2.05) is 24.3 Å². The maximum atomic E-state index is 5.72. The zero-order valence-corrected chi connectivity index (χ0v) is 12.7. The quantitative estimate of drug-likeness (QED) is 0.888. The Morgan fingerprint density at radius 2 is 1.86 bits per heavy atom. The molecule has 0 saturated heterocycles. The van der Waals surface area contributed by atoms with Crippen molar-refractivity contribution in [3.8, 4) is 22.8 Å². The van der Waals surface area contributed by atoms with E-state index in [1.165, 1.54) is 0 Å². The predicted octanol–water partition coefficient (Wildman–Crippen LogP) is 3.45. The lowest BCUT2D eigenvalue weighted by molar-refractivity contribution is 0.297. The van der Waals surface area contributed by atoms with Gasteiger partial charge in [0.2, 0.25) is 0 Å². The molecule has 0 fully saturated rings. The maximum Gasteiger partial charge on any atom is 0.161 e. The molecule has 1 aromatic carbocycles. The standard InChI is InChI=1S/C16H21N3O2/c1-16(2,3)17-15-10-12(18-19-15)11-5-6-13-14(9-11)21-8-4-7-20-13/h5-6,9-10H,4,7-8H2,1-3H3,(H2,17,18,19). The second-order valence-corrected chi connectivity index (χ2v) is 6.25. The Hall–Kier alpha value is -2.17. The molecule has 0 amide bonds. The number of rotatable bonds is 2. The molecule has 0 saturated carbocycles. The summed E-state index contributed by atoms with van der Waals surface area (Å²) in [6, 6.07) is 7.97. The van der Waals surface area contributed by atoms with Gasteiger partial charge in [-0.2, -0.15) is 5.10 Å². The Kier molecular flexibility index (Phi) is 3.49. The third-order valence-corrected chi connectivity index (χ3v) is 3.14. The van der Waals surface area contributed by atoms with Crippen molar-refractivity contribution in [2.45, 2.75) is 32.7 Å². The van der Waals surface area contributed by atoms with Gasteiger partial charge in [0, 0.05) is 23.6 Å². The average molecular weight is 287 g/mol. The van der Waals surface area contributed by atoms with Crippen LogP contribution >= 0.6 is 0 Å². The molecule has 3 rings (SSSR count). The van der Waals surface area contributed by atoms with Crippen molar-refractivity contribution in [2.24, 2.45) is 0 Å². The molecule has 0 spiro atoms. The first kappa shape index (κ1) is 13.8. The van der Waals surface area contributed by atoms with Crippen LogP contribution in [-0.2, 0) is 0 Å². The molecule has 5 nitrogen and oxygen atoms in total. The number of ether oxygens (including phenoxy) is 2. The van der Waals surface area contributed by atoms with E-state index < -0.39 is 0 Å². The number of H-pyrrole nitrogens is 1. The number of fused-ring (bicyclic) bond motifs is 1. The SMILES string of the molecule is CC(C)(C)Nc1cc(-c2ccc3c(c2)OCCCO3)[nH]n1. The van der Waals surface area contributed by atoms with Crippen LogP contribution in [0.4, 0.5) is 5.82 Å². The van der Waals surface area contributed by atoms with E-state index in [0.717, 1.165) is 35.0 Å². The summed E-state index contributed by atoms with van der Waals surface area (Å²) in [5, 5.41) is 10.7. The van der Waals surface area contributed by atoms with E-state index >= 15 is 0 Å². The van der Waals surface area contributed by atoms with E-state index in [2.05, 4.69) is 36.3 Å². The molecule has 0 aliphatic carbocycles. The van der Waals surface area contributed by atoms with Gasteiger partial charge < -0.3 is 14.8 Å². The van der Waals surface area contributed by atoms with E-state index in [-0.39, 0.29) is 5.54 Å². The molecule has 0 radical (unpaired) electrons. The fraction of sp³-hybridized carbons (Fsp3) is 0.438. The lowest BCUT2D eigenvalue weighted by Gasteiger charge is -2.19. The molecule has 1 aliphatic rings. The summed E-state index contributed by atoms with van der Waals surface area (Å²) in [5.74, 6) is 2.44. The smallest absolute Gasteiger partial charge is 0.161 e. The van der Waals surface area contributed by atoms with Crippen LogP contribution < -0.4 is 14.8 Å². The molecule has 112 valence electrons. The Morgan fingerprint density at radius 1 is 1.10 bits per heavy atom. The van der Waals surface area contributed by atoms with Gasteiger partial charge in [0.15, 0.2) is 11.5 Å². The van der Waals surface area contributed by atoms with Crippen LogP contribution in [0.2, 0.25) is 0 Å². The van der Waals surface area contributed by atoms with Crippen molar-refractivity contribution in [3.63, 3.8) is 0 Å². The van der Waals surface area contributed by atoms with Crippen molar-refractivity contribution in [1.82, 2.24) is 10.2 Å². The largest absolute Gasteiger partial charge is 0.490 e. The topological polar surface area (TPSA) is 59.2 Å². The monoisotopic (exact) mass is 287 g/mol. The molecule has 0 unspecified atom stereocenters. The fourth-order valence-electron chi connectivity index (χ4n) is 2.25. The van der Waals surface area contributed by atoms with E-state index in [1.54, 1.807) is 0 Å². The van der Waals surface area contributed by atoms with Gasteiger partial charge >= 0.3 is 0 Å². The van der Waals surface area contributed by atoms with Gasteiger partial charge in [0.25, 0.3) is 0 Å². The van der Waals surface area contributed by atoms with Gasteiger partial charge in [-0.15, -0.1) is 0 Å². The molecule has 2 N–H and O–H groups in total. The van der Waals surface area contributed by atoms with Crippen LogP contribution in [0.1, 0.15) is 27.2 Å². The number of hydrogen-bond acceptors (Lipinski definition) is 4. The summed E-state index contributed by atoms with van der Waals surface area (Å²) >= 11 is 0. The van der Waals surface area contributed by atoms with Crippen LogP contribution in [0.5, 0.6) is 11.5 Å². The summed E-state index contributed by atoms with van der Waals surface area (Å²) in [6.07, 6.45) is 0.910. The van der Waals surface area contributed by atoms with Crippen molar-refractivity contribution < 1.29 is 9.47 Å². The Morgan fingerprint density at radius 3 is 2.62 bits per heavy atom. The minimum Gasteiger partial charge on any atom is -0.490 e.